The molecule has 2 heterocycles. The molecule has 3 rings (SSSR count). The second kappa shape index (κ2) is 4.24. The van der Waals surface area contributed by atoms with Gasteiger partial charge in [0.2, 0.25) is 0 Å². The highest BCUT2D eigenvalue weighted by atomic mass is 19.1. The fraction of sp³-hybridized carbons (Fsp3) is 0.462. The number of benzene rings is 1. The van der Waals surface area contributed by atoms with Crippen LogP contribution in [0.3, 0.4) is 0 Å². The molecule has 1 atom stereocenters. The van der Waals surface area contributed by atoms with Gasteiger partial charge in [0, 0.05) is 31.7 Å². The minimum Gasteiger partial charge on any atom is -0.423 e. The summed E-state index contributed by atoms with van der Waals surface area (Å²) in [4.78, 5) is 6.52. The maximum atomic E-state index is 13.3. The number of piperazine rings is 1. The second-order valence-electron chi connectivity index (χ2n) is 4.81. The minimum absolute atomic E-state index is 0.270. The van der Waals surface area contributed by atoms with Crippen molar-refractivity contribution in [3.63, 3.8) is 0 Å². The van der Waals surface area contributed by atoms with Crippen molar-refractivity contribution in [3.05, 3.63) is 23.5 Å². The van der Waals surface area contributed by atoms with Gasteiger partial charge in [-0.15, -0.1) is 0 Å². The summed E-state index contributed by atoms with van der Waals surface area (Å²) in [7, 11) is 0. The molecular weight excluding hydrogens is 233 g/mol. The highest BCUT2D eigenvalue weighted by molar-refractivity contribution is 5.78. The van der Waals surface area contributed by atoms with Crippen LogP contribution in [-0.2, 0) is 0 Å². The van der Waals surface area contributed by atoms with Crippen LogP contribution in [-0.4, -0.2) is 30.7 Å². The van der Waals surface area contributed by atoms with Crippen molar-refractivity contribution in [2.45, 2.75) is 19.9 Å². The van der Waals surface area contributed by atoms with E-state index in [2.05, 4.69) is 22.1 Å². The molecule has 0 amide bonds. The molecule has 18 heavy (non-hydrogen) atoms. The summed E-state index contributed by atoms with van der Waals surface area (Å²) in [5.41, 5.74) is 2.05. The number of nitrogens with one attached hydrogen (secondary N) is 1. The van der Waals surface area contributed by atoms with Gasteiger partial charge in [-0.3, -0.25) is 0 Å². The van der Waals surface area contributed by atoms with Crippen LogP contribution < -0.4 is 10.2 Å². The van der Waals surface area contributed by atoms with Gasteiger partial charge in [0.05, 0.1) is 0 Å². The molecule has 96 valence electrons. The predicted molar refractivity (Wildman–Crippen MR) is 68.4 cm³/mol. The molecule has 0 radical (unpaired) electrons. The Morgan fingerprint density at radius 1 is 1.50 bits per heavy atom. The quantitative estimate of drug-likeness (QED) is 0.840. The summed E-state index contributed by atoms with van der Waals surface area (Å²) in [5, 5.41) is 3.32. The first kappa shape index (κ1) is 11.5. The molecule has 0 bridgehead atoms. The summed E-state index contributed by atoms with van der Waals surface area (Å²) in [6, 6.07) is 3.81. The standard InChI is InChI=1S/C13H16FN3O/c1-8-5-10(14)6-11-12(8)18-13(16-11)17-4-3-15-7-9(17)2/h5-6,9,15H,3-4,7H2,1-2H3. The Morgan fingerprint density at radius 3 is 3.11 bits per heavy atom. The lowest BCUT2D eigenvalue weighted by Crippen LogP contribution is -2.50. The molecule has 0 spiro atoms. The van der Waals surface area contributed by atoms with Crippen LogP contribution in [0.2, 0.25) is 0 Å². The van der Waals surface area contributed by atoms with Crippen molar-refractivity contribution >= 4 is 17.1 Å². The zero-order chi connectivity index (χ0) is 12.7. The lowest BCUT2D eigenvalue weighted by molar-refractivity contribution is 0.455. The van der Waals surface area contributed by atoms with Crippen LogP contribution in [0.15, 0.2) is 16.5 Å². The first-order chi connectivity index (χ1) is 8.65. The van der Waals surface area contributed by atoms with Gasteiger partial charge in [0.15, 0.2) is 5.58 Å². The molecule has 1 unspecified atom stereocenters. The van der Waals surface area contributed by atoms with Crippen LogP contribution in [0, 0.1) is 12.7 Å². The van der Waals surface area contributed by atoms with E-state index in [9.17, 15) is 4.39 Å². The molecule has 1 aromatic heterocycles. The fourth-order valence-electron chi connectivity index (χ4n) is 2.39. The topological polar surface area (TPSA) is 41.3 Å². The molecule has 1 aliphatic heterocycles. The first-order valence-corrected chi connectivity index (χ1v) is 6.19. The predicted octanol–water partition coefficient (Wildman–Crippen LogP) is 2.07. The van der Waals surface area contributed by atoms with Gasteiger partial charge >= 0.3 is 0 Å². The number of anilines is 1. The summed E-state index contributed by atoms with van der Waals surface area (Å²) in [6.45, 7) is 6.63. The second-order valence-corrected chi connectivity index (χ2v) is 4.81. The number of aromatic nitrogens is 1. The molecule has 4 nitrogen and oxygen atoms in total. The Balaban J connectivity index is 2.05. The van der Waals surface area contributed by atoms with Crippen LogP contribution in [0.25, 0.3) is 11.1 Å². The zero-order valence-electron chi connectivity index (χ0n) is 10.5. The Morgan fingerprint density at radius 2 is 2.33 bits per heavy atom. The lowest BCUT2D eigenvalue weighted by Gasteiger charge is -2.32. The normalized spacial score (nSPS) is 20.6. The molecular formula is C13H16FN3O. The van der Waals surface area contributed by atoms with Gasteiger partial charge in [-0.05, 0) is 25.5 Å². The van der Waals surface area contributed by atoms with E-state index in [1.165, 1.54) is 12.1 Å². The molecule has 0 saturated carbocycles. The lowest BCUT2D eigenvalue weighted by atomic mass is 10.2. The largest absolute Gasteiger partial charge is 0.423 e. The van der Waals surface area contributed by atoms with Gasteiger partial charge in [0.1, 0.15) is 11.3 Å². The summed E-state index contributed by atoms with van der Waals surface area (Å²) < 4.78 is 19.1. The average Bonchev–Trinajstić information content (AvgIpc) is 2.73. The van der Waals surface area contributed by atoms with Crippen LogP contribution >= 0.6 is 0 Å². The van der Waals surface area contributed by atoms with Gasteiger partial charge in [-0.2, -0.15) is 4.98 Å². The van der Waals surface area contributed by atoms with Crippen molar-refractivity contribution < 1.29 is 8.81 Å². The molecule has 1 aromatic carbocycles. The van der Waals surface area contributed by atoms with Gasteiger partial charge in [-0.25, -0.2) is 4.39 Å². The number of aryl methyl sites for hydroxylation is 1. The number of rotatable bonds is 1. The third-order valence-corrected chi connectivity index (χ3v) is 3.38. The SMILES string of the molecule is Cc1cc(F)cc2nc(N3CCNCC3C)oc12. The van der Waals surface area contributed by atoms with E-state index in [-0.39, 0.29) is 5.82 Å². The van der Waals surface area contributed by atoms with Crippen molar-refractivity contribution in [2.24, 2.45) is 0 Å². The monoisotopic (exact) mass is 249 g/mol. The molecule has 1 N–H and O–H groups in total. The molecule has 2 aromatic rings. The smallest absolute Gasteiger partial charge is 0.298 e. The van der Waals surface area contributed by atoms with E-state index in [0.717, 1.165) is 25.2 Å². The minimum atomic E-state index is -0.270. The van der Waals surface area contributed by atoms with Crippen LogP contribution in [0.5, 0.6) is 0 Å². The molecule has 0 aliphatic carbocycles. The van der Waals surface area contributed by atoms with Crippen molar-refractivity contribution in [2.75, 3.05) is 24.5 Å². The number of oxazole rings is 1. The highest BCUT2D eigenvalue weighted by Crippen LogP contribution is 2.27. The Labute approximate surface area is 105 Å². The van der Waals surface area contributed by atoms with Crippen molar-refractivity contribution in [1.29, 1.82) is 0 Å². The van der Waals surface area contributed by atoms with Gasteiger partial charge < -0.3 is 14.6 Å². The summed E-state index contributed by atoms with van der Waals surface area (Å²) in [6.07, 6.45) is 0. The van der Waals surface area contributed by atoms with E-state index in [1.807, 2.05) is 6.92 Å². The Bertz CT molecular complexity index is 581. The Hall–Kier alpha value is -1.62. The van der Waals surface area contributed by atoms with Crippen LogP contribution in [0.4, 0.5) is 10.4 Å². The number of nitrogens with zero attached hydrogens (tertiary/aromatic N) is 2. The highest BCUT2D eigenvalue weighted by Gasteiger charge is 2.23. The third kappa shape index (κ3) is 1.84. The number of fused-ring (bicyclic) bond motifs is 1. The van der Waals surface area contributed by atoms with E-state index in [1.54, 1.807) is 0 Å². The average molecular weight is 249 g/mol. The zero-order valence-corrected chi connectivity index (χ0v) is 10.5. The molecule has 1 saturated heterocycles. The van der Waals surface area contributed by atoms with Crippen molar-refractivity contribution in [1.82, 2.24) is 10.3 Å². The Kier molecular flexibility index (Phi) is 2.70. The molecule has 1 aliphatic rings. The van der Waals surface area contributed by atoms with Crippen LogP contribution in [0.1, 0.15) is 12.5 Å². The van der Waals surface area contributed by atoms with E-state index in [0.29, 0.717) is 23.2 Å². The third-order valence-electron chi connectivity index (χ3n) is 3.38. The van der Waals surface area contributed by atoms with E-state index < -0.39 is 0 Å². The van der Waals surface area contributed by atoms with Gasteiger partial charge in [-0.1, -0.05) is 0 Å². The fourth-order valence-corrected chi connectivity index (χ4v) is 2.39. The van der Waals surface area contributed by atoms with Gasteiger partial charge in [0.25, 0.3) is 6.01 Å². The van der Waals surface area contributed by atoms with E-state index in [4.69, 9.17) is 4.42 Å². The molecule has 1 fully saturated rings. The maximum Gasteiger partial charge on any atom is 0.298 e. The summed E-state index contributed by atoms with van der Waals surface area (Å²) >= 11 is 0. The molecule has 5 heteroatoms. The maximum absolute atomic E-state index is 13.3. The van der Waals surface area contributed by atoms with E-state index >= 15 is 0 Å². The number of halogens is 1. The number of hydrogen-bond donors (Lipinski definition) is 1. The first-order valence-electron chi connectivity index (χ1n) is 6.19. The summed E-state index contributed by atoms with van der Waals surface area (Å²) in [5.74, 6) is -0.270. The number of hydrogen-bond acceptors (Lipinski definition) is 4. The van der Waals surface area contributed by atoms with Crippen molar-refractivity contribution in [3.8, 4) is 0 Å².